The van der Waals surface area contributed by atoms with Crippen molar-refractivity contribution >= 4 is 21.9 Å². The predicted octanol–water partition coefficient (Wildman–Crippen LogP) is 5.46. The number of esters is 1. The van der Waals surface area contributed by atoms with Crippen LogP contribution in [-0.2, 0) is 4.74 Å². The van der Waals surface area contributed by atoms with Gasteiger partial charge in [0.15, 0.2) is 0 Å². The average Bonchev–Trinajstić information content (AvgIpc) is 2.45. The molecule has 2 atom stereocenters. The van der Waals surface area contributed by atoms with E-state index < -0.39 is 0 Å². The number of carbonyl (C=O) groups is 1. The largest absolute Gasteiger partial charge is 0.462 e. The van der Waals surface area contributed by atoms with E-state index in [1.807, 2.05) is 18.2 Å². The van der Waals surface area contributed by atoms with E-state index in [2.05, 4.69) is 43.6 Å². The van der Waals surface area contributed by atoms with Crippen molar-refractivity contribution in [1.82, 2.24) is 0 Å². The van der Waals surface area contributed by atoms with Crippen molar-refractivity contribution in [3.63, 3.8) is 0 Å². The average molecular weight is 355 g/mol. The molecule has 0 radical (unpaired) electrons. The lowest BCUT2D eigenvalue weighted by Gasteiger charge is -2.25. The fraction of sp³-hybridized carbons (Fsp3) is 0.611. The molecule has 118 valence electrons. The zero-order valence-electron chi connectivity index (χ0n) is 13.6. The minimum absolute atomic E-state index is 0.0348. The van der Waals surface area contributed by atoms with Gasteiger partial charge in [-0.2, -0.15) is 0 Å². The Bertz CT molecular complexity index is 426. The van der Waals surface area contributed by atoms with Crippen LogP contribution in [-0.4, -0.2) is 16.9 Å². The Morgan fingerprint density at radius 1 is 1.19 bits per heavy atom. The molecule has 0 aliphatic heterocycles. The molecule has 1 aromatic rings. The zero-order chi connectivity index (χ0) is 15.9. The third-order valence-electron chi connectivity index (χ3n) is 4.12. The zero-order valence-corrected chi connectivity index (χ0v) is 15.2. The minimum Gasteiger partial charge on any atom is -0.462 e. The second kappa shape index (κ2) is 8.57. The molecule has 21 heavy (non-hydrogen) atoms. The fourth-order valence-electron chi connectivity index (χ4n) is 2.00. The van der Waals surface area contributed by atoms with Crippen LogP contribution in [0.2, 0.25) is 0 Å². The molecule has 0 amide bonds. The molecule has 2 unspecified atom stereocenters. The Morgan fingerprint density at radius 3 is 2.38 bits per heavy atom. The smallest absolute Gasteiger partial charge is 0.338 e. The highest BCUT2D eigenvalue weighted by atomic mass is 79.9. The molecule has 0 aliphatic carbocycles. The van der Waals surface area contributed by atoms with E-state index in [1.165, 1.54) is 6.42 Å². The highest BCUT2D eigenvalue weighted by molar-refractivity contribution is 9.10. The predicted molar refractivity (Wildman–Crippen MR) is 91.9 cm³/mol. The summed E-state index contributed by atoms with van der Waals surface area (Å²) in [6.07, 6.45) is 3.11. The summed E-state index contributed by atoms with van der Waals surface area (Å²) in [4.78, 5) is 11.8. The summed E-state index contributed by atoms with van der Waals surface area (Å²) >= 11 is 3.77. The van der Waals surface area contributed by atoms with Gasteiger partial charge in [-0.25, -0.2) is 4.79 Å². The van der Waals surface area contributed by atoms with Crippen LogP contribution in [0.25, 0.3) is 0 Å². The maximum Gasteiger partial charge on any atom is 0.338 e. The number of benzene rings is 1. The molecule has 1 aromatic carbocycles. The van der Waals surface area contributed by atoms with Crippen molar-refractivity contribution in [2.24, 2.45) is 11.8 Å². The molecule has 0 heterocycles. The molecule has 0 saturated carbocycles. The van der Waals surface area contributed by atoms with Crippen molar-refractivity contribution in [1.29, 1.82) is 0 Å². The summed E-state index contributed by atoms with van der Waals surface area (Å²) in [7, 11) is 0. The van der Waals surface area contributed by atoms with E-state index in [0.717, 1.165) is 12.8 Å². The SMILES string of the molecule is CC(C)C(C)CCC(C)(Br)CCOC(=O)c1ccccc1. The van der Waals surface area contributed by atoms with Gasteiger partial charge < -0.3 is 4.74 Å². The number of hydrogen-bond acceptors (Lipinski definition) is 2. The normalized spacial score (nSPS) is 15.5. The van der Waals surface area contributed by atoms with Crippen LogP contribution in [0.3, 0.4) is 0 Å². The van der Waals surface area contributed by atoms with Gasteiger partial charge in [-0.05, 0) is 50.2 Å². The van der Waals surface area contributed by atoms with Gasteiger partial charge in [0.05, 0.1) is 12.2 Å². The number of ether oxygens (including phenoxy) is 1. The third-order valence-corrected chi connectivity index (χ3v) is 4.92. The molecule has 0 N–H and O–H groups in total. The molecule has 0 aliphatic rings. The first-order valence-electron chi connectivity index (χ1n) is 7.73. The monoisotopic (exact) mass is 354 g/mol. The first-order chi connectivity index (χ1) is 9.82. The minimum atomic E-state index is -0.241. The molecule has 3 heteroatoms. The van der Waals surface area contributed by atoms with Crippen molar-refractivity contribution < 1.29 is 9.53 Å². The maximum atomic E-state index is 11.8. The summed E-state index contributed by atoms with van der Waals surface area (Å²) in [6, 6.07) is 9.14. The van der Waals surface area contributed by atoms with Gasteiger partial charge in [-0.1, -0.05) is 54.9 Å². The molecule has 1 rings (SSSR count). The van der Waals surface area contributed by atoms with Gasteiger partial charge in [-0.15, -0.1) is 0 Å². The van der Waals surface area contributed by atoms with E-state index in [0.29, 0.717) is 24.0 Å². The van der Waals surface area contributed by atoms with E-state index in [9.17, 15) is 4.79 Å². The van der Waals surface area contributed by atoms with Crippen molar-refractivity contribution in [2.45, 2.75) is 51.3 Å². The van der Waals surface area contributed by atoms with Gasteiger partial charge in [-0.3, -0.25) is 0 Å². The molecule has 0 bridgehead atoms. The Hall–Kier alpha value is -0.830. The first-order valence-corrected chi connectivity index (χ1v) is 8.52. The van der Waals surface area contributed by atoms with Crippen LogP contribution in [0.5, 0.6) is 0 Å². The number of halogens is 1. The van der Waals surface area contributed by atoms with Crippen molar-refractivity contribution in [3.8, 4) is 0 Å². The Balaban J connectivity index is 2.32. The van der Waals surface area contributed by atoms with E-state index >= 15 is 0 Å². The van der Waals surface area contributed by atoms with Gasteiger partial charge in [0.1, 0.15) is 0 Å². The van der Waals surface area contributed by atoms with Crippen molar-refractivity contribution in [2.75, 3.05) is 6.61 Å². The Kier molecular flexibility index (Phi) is 7.44. The quantitative estimate of drug-likeness (QED) is 0.457. The lowest BCUT2D eigenvalue weighted by Crippen LogP contribution is -2.21. The molecule has 0 aromatic heterocycles. The molecular formula is C18H27BrO2. The molecule has 2 nitrogen and oxygen atoms in total. The molecule has 0 fully saturated rings. The molecule has 0 saturated heterocycles. The Labute approximate surface area is 137 Å². The van der Waals surface area contributed by atoms with Gasteiger partial charge >= 0.3 is 5.97 Å². The van der Waals surface area contributed by atoms with Gasteiger partial charge in [0.2, 0.25) is 0 Å². The second-order valence-corrected chi connectivity index (χ2v) is 8.34. The van der Waals surface area contributed by atoms with E-state index in [4.69, 9.17) is 4.74 Å². The van der Waals surface area contributed by atoms with Gasteiger partial charge in [0, 0.05) is 4.32 Å². The lowest BCUT2D eigenvalue weighted by molar-refractivity contribution is 0.0490. The fourth-order valence-corrected chi connectivity index (χ4v) is 2.39. The summed E-state index contributed by atoms with van der Waals surface area (Å²) in [5.74, 6) is 1.19. The summed E-state index contributed by atoms with van der Waals surface area (Å²) < 4.78 is 5.38. The number of rotatable bonds is 8. The number of hydrogen-bond donors (Lipinski definition) is 0. The van der Waals surface area contributed by atoms with Crippen LogP contribution in [0.1, 0.15) is 57.3 Å². The van der Waals surface area contributed by atoms with E-state index in [-0.39, 0.29) is 10.3 Å². The van der Waals surface area contributed by atoms with Crippen LogP contribution in [0.15, 0.2) is 30.3 Å². The highest BCUT2D eigenvalue weighted by Gasteiger charge is 2.22. The highest BCUT2D eigenvalue weighted by Crippen LogP contribution is 2.31. The number of carbonyl (C=O) groups excluding carboxylic acids is 1. The second-order valence-electron chi connectivity index (χ2n) is 6.43. The van der Waals surface area contributed by atoms with Crippen LogP contribution < -0.4 is 0 Å². The number of alkyl halides is 1. The maximum absolute atomic E-state index is 11.8. The summed E-state index contributed by atoms with van der Waals surface area (Å²) in [6.45, 7) is 9.45. The van der Waals surface area contributed by atoms with Crippen LogP contribution >= 0.6 is 15.9 Å². The standard InChI is InChI=1S/C18H27BrO2/c1-14(2)15(3)10-11-18(4,19)12-13-21-17(20)16-8-6-5-7-9-16/h5-9,14-15H,10-13H2,1-4H3. The van der Waals surface area contributed by atoms with Crippen LogP contribution in [0, 0.1) is 11.8 Å². The summed E-state index contributed by atoms with van der Waals surface area (Å²) in [5, 5.41) is 0. The molecule has 0 spiro atoms. The summed E-state index contributed by atoms with van der Waals surface area (Å²) in [5.41, 5.74) is 0.613. The first kappa shape index (κ1) is 18.2. The molecular weight excluding hydrogens is 328 g/mol. The topological polar surface area (TPSA) is 26.3 Å². The van der Waals surface area contributed by atoms with Crippen LogP contribution in [0.4, 0.5) is 0 Å². The van der Waals surface area contributed by atoms with Gasteiger partial charge in [0.25, 0.3) is 0 Å². The van der Waals surface area contributed by atoms with E-state index in [1.54, 1.807) is 12.1 Å². The third kappa shape index (κ3) is 7.12. The Morgan fingerprint density at radius 2 is 1.81 bits per heavy atom. The van der Waals surface area contributed by atoms with Crippen molar-refractivity contribution in [3.05, 3.63) is 35.9 Å². The lowest BCUT2D eigenvalue weighted by atomic mass is 9.89.